The molecule has 29 heavy (non-hydrogen) atoms. The number of ether oxygens (including phenoxy) is 1. The number of furan rings is 1. The molecule has 3 heterocycles. The molecule has 0 spiro atoms. The lowest BCUT2D eigenvalue weighted by Crippen LogP contribution is -2.47. The SMILES string of the molecule is CCOC(=O)C1CCCN(C(=O)CN(C)C(=O)c2nc(-c3ccco3)sc2C)C1. The van der Waals surface area contributed by atoms with Crippen LogP contribution in [0.15, 0.2) is 22.8 Å². The van der Waals surface area contributed by atoms with Crippen molar-refractivity contribution < 1.29 is 23.5 Å². The van der Waals surface area contributed by atoms with Crippen molar-refractivity contribution in [2.45, 2.75) is 26.7 Å². The second-order valence-electron chi connectivity index (χ2n) is 6.99. The molecule has 1 atom stereocenters. The van der Waals surface area contributed by atoms with Crippen LogP contribution in [0.25, 0.3) is 10.8 Å². The van der Waals surface area contributed by atoms with Crippen molar-refractivity contribution >= 4 is 29.1 Å². The quantitative estimate of drug-likeness (QED) is 0.668. The number of thiazole rings is 1. The number of amides is 2. The zero-order chi connectivity index (χ0) is 21.0. The number of esters is 1. The molecule has 8 nitrogen and oxygen atoms in total. The normalized spacial score (nSPS) is 16.5. The largest absolute Gasteiger partial charge is 0.466 e. The number of piperidine rings is 1. The fourth-order valence-electron chi connectivity index (χ4n) is 3.31. The number of likely N-dealkylation sites (N-methyl/N-ethyl adjacent to an activating group) is 1. The molecule has 2 aromatic rings. The molecule has 2 amide bonds. The Hall–Kier alpha value is -2.68. The number of carbonyl (C=O) groups is 3. The van der Waals surface area contributed by atoms with E-state index in [2.05, 4.69) is 4.98 Å². The van der Waals surface area contributed by atoms with Gasteiger partial charge in [-0.25, -0.2) is 4.98 Å². The Kier molecular flexibility index (Phi) is 6.68. The van der Waals surface area contributed by atoms with Crippen molar-refractivity contribution in [1.82, 2.24) is 14.8 Å². The summed E-state index contributed by atoms with van der Waals surface area (Å²) in [5, 5.41) is 0.629. The summed E-state index contributed by atoms with van der Waals surface area (Å²) in [6, 6.07) is 3.55. The summed E-state index contributed by atoms with van der Waals surface area (Å²) in [7, 11) is 1.58. The van der Waals surface area contributed by atoms with Gasteiger partial charge in [0.1, 0.15) is 5.69 Å². The molecule has 0 bridgehead atoms. The van der Waals surface area contributed by atoms with Gasteiger partial charge in [-0.3, -0.25) is 14.4 Å². The van der Waals surface area contributed by atoms with Crippen LogP contribution in [0.4, 0.5) is 0 Å². The van der Waals surface area contributed by atoms with Crippen LogP contribution in [0.3, 0.4) is 0 Å². The van der Waals surface area contributed by atoms with Gasteiger partial charge in [-0.05, 0) is 38.8 Å². The van der Waals surface area contributed by atoms with E-state index in [0.29, 0.717) is 42.6 Å². The fourth-order valence-corrected chi connectivity index (χ4v) is 4.19. The first-order valence-corrected chi connectivity index (χ1v) is 10.4. The molecule has 156 valence electrons. The van der Waals surface area contributed by atoms with Crippen LogP contribution in [-0.4, -0.2) is 65.9 Å². The molecule has 0 saturated carbocycles. The predicted octanol–water partition coefficient (Wildman–Crippen LogP) is 2.59. The molecule has 9 heteroatoms. The summed E-state index contributed by atoms with van der Waals surface area (Å²) in [4.78, 5) is 45.7. The highest BCUT2D eigenvalue weighted by atomic mass is 32.1. The van der Waals surface area contributed by atoms with Gasteiger partial charge in [0.2, 0.25) is 5.91 Å². The topological polar surface area (TPSA) is 93.0 Å². The number of carbonyl (C=O) groups excluding carboxylic acids is 3. The van der Waals surface area contributed by atoms with Gasteiger partial charge in [0, 0.05) is 25.0 Å². The average Bonchev–Trinajstić information content (AvgIpc) is 3.37. The van der Waals surface area contributed by atoms with Crippen molar-refractivity contribution in [2.24, 2.45) is 5.92 Å². The molecule has 1 unspecified atom stereocenters. The summed E-state index contributed by atoms with van der Waals surface area (Å²) in [6.07, 6.45) is 3.01. The molecule has 3 rings (SSSR count). The second-order valence-corrected chi connectivity index (χ2v) is 8.20. The van der Waals surface area contributed by atoms with Crippen molar-refractivity contribution in [3.8, 4) is 10.8 Å². The van der Waals surface area contributed by atoms with Crippen LogP contribution in [-0.2, 0) is 14.3 Å². The highest BCUT2D eigenvalue weighted by Crippen LogP contribution is 2.28. The number of likely N-dealkylation sites (tertiary alicyclic amines) is 1. The third kappa shape index (κ3) is 4.84. The van der Waals surface area contributed by atoms with Crippen molar-refractivity contribution in [3.05, 3.63) is 29.0 Å². The molecule has 2 aromatic heterocycles. The molecule has 0 radical (unpaired) electrons. The van der Waals surface area contributed by atoms with E-state index < -0.39 is 0 Å². The molecule has 1 aliphatic heterocycles. The van der Waals surface area contributed by atoms with Crippen molar-refractivity contribution in [3.63, 3.8) is 0 Å². The number of hydrogen-bond acceptors (Lipinski definition) is 7. The van der Waals surface area contributed by atoms with E-state index in [9.17, 15) is 14.4 Å². The lowest BCUT2D eigenvalue weighted by molar-refractivity contribution is -0.151. The van der Waals surface area contributed by atoms with Crippen LogP contribution in [0.1, 0.15) is 35.1 Å². The smallest absolute Gasteiger partial charge is 0.310 e. The summed E-state index contributed by atoms with van der Waals surface area (Å²) in [5.41, 5.74) is 0.319. The first-order valence-electron chi connectivity index (χ1n) is 9.61. The Bertz CT molecular complexity index is 877. The summed E-state index contributed by atoms with van der Waals surface area (Å²) < 4.78 is 10.4. The molecule has 1 aliphatic rings. The summed E-state index contributed by atoms with van der Waals surface area (Å²) in [5.74, 6) is -0.463. The Morgan fingerprint density at radius 1 is 1.41 bits per heavy atom. The van der Waals surface area contributed by atoms with E-state index >= 15 is 0 Å². The summed E-state index contributed by atoms with van der Waals surface area (Å²) >= 11 is 1.37. The number of nitrogens with zero attached hydrogens (tertiary/aromatic N) is 3. The molecule has 0 N–H and O–H groups in total. The van der Waals surface area contributed by atoms with E-state index in [1.54, 1.807) is 37.3 Å². The number of aromatic nitrogens is 1. The minimum Gasteiger partial charge on any atom is -0.466 e. The Labute approximate surface area is 173 Å². The predicted molar refractivity (Wildman–Crippen MR) is 107 cm³/mol. The van der Waals surface area contributed by atoms with E-state index in [-0.39, 0.29) is 30.2 Å². The Morgan fingerprint density at radius 3 is 2.90 bits per heavy atom. The van der Waals surface area contributed by atoms with Crippen molar-refractivity contribution in [2.75, 3.05) is 33.3 Å². The van der Waals surface area contributed by atoms with Gasteiger partial charge >= 0.3 is 5.97 Å². The molecule has 1 fully saturated rings. The Balaban J connectivity index is 1.62. The zero-order valence-electron chi connectivity index (χ0n) is 16.8. The van der Waals surface area contributed by atoms with Gasteiger partial charge in [-0.2, -0.15) is 0 Å². The third-order valence-electron chi connectivity index (χ3n) is 4.84. The van der Waals surface area contributed by atoms with Gasteiger partial charge < -0.3 is 19.0 Å². The average molecular weight is 420 g/mol. The zero-order valence-corrected chi connectivity index (χ0v) is 17.7. The van der Waals surface area contributed by atoms with Gasteiger partial charge in [0.15, 0.2) is 10.8 Å². The van der Waals surface area contributed by atoms with Gasteiger partial charge in [-0.15, -0.1) is 11.3 Å². The highest BCUT2D eigenvalue weighted by Gasteiger charge is 2.30. The minimum atomic E-state index is -0.316. The second kappa shape index (κ2) is 9.21. The Morgan fingerprint density at radius 2 is 2.21 bits per heavy atom. The monoisotopic (exact) mass is 419 g/mol. The maximum atomic E-state index is 12.8. The minimum absolute atomic E-state index is 0.0680. The number of aryl methyl sites for hydroxylation is 1. The van der Waals surface area contributed by atoms with E-state index in [1.165, 1.54) is 16.2 Å². The van der Waals surface area contributed by atoms with Gasteiger partial charge in [-0.1, -0.05) is 0 Å². The van der Waals surface area contributed by atoms with Crippen LogP contribution >= 0.6 is 11.3 Å². The van der Waals surface area contributed by atoms with Crippen LogP contribution in [0.2, 0.25) is 0 Å². The molecular weight excluding hydrogens is 394 g/mol. The standard InChI is InChI=1S/C20H25N3O5S/c1-4-27-20(26)14-7-5-9-23(11-14)16(24)12-22(3)19(25)17-13(2)29-18(21-17)15-8-6-10-28-15/h6,8,10,14H,4-5,7,9,11-12H2,1-3H3. The lowest BCUT2D eigenvalue weighted by Gasteiger charge is -2.32. The van der Waals surface area contributed by atoms with Crippen LogP contribution in [0, 0.1) is 12.8 Å². The maximum Gasteiger partial charge on any atom is 0.310 e. The van der Waals surface area contributed by atoms with Crippen molar-refractivity contribution in [1.29, 1.82) is 0 Å². The van der Waals surface area contributed by atoms with E-state index in [0.717, 1.165) is 11.3 Å². The lowest BCUT2D eigenvalue weighted by atomic mass is 9.98. The highest BCUT2D eigenvalue weighted by molar-refractivity contribution is 7.15. The van der Waals surface area contributed by atoms with E-state index in [4.69, 9.17) is 9.15 Å². The number of rotatable bonds is 6. The molecule has 0 aromatic carbocycles. The number of hydrogen-bond donors (Lipinski definition) is 0. The molecule has 1 saturated heterocycles. The van der Waals surface area contributed by atoms with E-state index in [1.807, 2.05) is 6.92 Å². The fraction of sp³-hybridized carbons (Fsp3) is 0.500. The van der Waals surface area contributed by atoms with Crippen LogP contribution in [0.5, 0.6) is 0 Å². The third-order valence-corrected chi connectivity index (χ3v) is 5.83. The first-order chi connectivity index (χ1) is 13.9. The van der Waals surface area contributed by atoms with Crippen LogP contribution < -0.4 is 0 Å². The molecular formula is C20H25N3O5S. The summed E-state index contributed by atoms with van der Waals surface area (Å²) in [6.45, 7) is 4.76. The van der Waals surface area contributed by atoms with Gasteiger partial charge in [0.05, 0.1) is 25.3 Å². The molecule has 0 aliphatic carbocycles. The first kappa shape index (κ1) is 21.0. The van der Waals surface area contributed by atoms with Gasteiger partial charge in [0.25, 0.3) is 5.91 Å². The maximum absolute atomic E-state index is 12.8.